The lowest BCUT2D eigenvalue weighted by molar-refractivity contribution is 0.112. The van der Waals surface area contributed by atoms with Crippen LogP contribution in [0.4, 0.5) is 0 Å². The van der Waals surface area contributed by atoms with Crippen molar-refractivity contribution in [3.8, 4) is 22.9 Å². The highest BCUT2D eigenvalue weighted by Gasteiger charge is 2.13. The number of aryl methyl sites for hydroxylation is 2. The molecule has 1 aromatic heterocycles. The smallest absolute Gasteiger partial charge is 0.264 e. The number of aromatic nitrogens is 2. The zero-order valence-corrected chi connectivity index (χ0v) is 15.0. The number of hydrogen-bond acceptors (Lipinski definition) is 6. The van der Waals surface area contributed by atoms with Gasteiger partial charge in [-0.1, -0.05) is 22.9 Å². The molecule has 1 heterocycles. The molecule has 6 heteroatoms. The average Bonchev–Trinajstić information content (AvgIpc) is 3.11. The van der Waals surface area contributed by atoms with E-state index in [0.29, 0.717) is 35.4 Å². The summed E-state index contributed by atoms with van der Waals surface area (Å²) in [5.74, 6) is 1.92. The molecule has 0 fully saturated rings. The second-order valence-corrected chi connectivity index (χ2v) is 5.88. The van der Waals surface area contributed by atoms with Crippen LogP contribution in [0.25, 0.3) is 11.4 Å². The van der Waals surface area contributed by atoms with Gasteiger partial charge in [0.1, 0.15) is 6.29 Å². The maximum atomic E-state index is 10.9. The Bertz CT molecular complexity index is 918. The quantitative estimate of drug-likeness (QED) is 0.595. The van der Waals surface area contributed by atoms with Gasteiger partial charge in [-0.3, -0.25) is 4.79 Å². The Balaban J connectivity index is 1.76. The van der Waals surface area contributed by atoms with Gasteiger partial charge in [0.15, 0.2) is 18.1 Å². The highest BCUT2D eigenvalue weighted by molar-refractivity contribution is 5.76. The second kappa shape index (κ2) is 7.82. The largest absolute Gasteiger partial charge is 0.490 e. The van der Waals surface area contributed by atoms with E-state index in [0.717, 1.165) is 23.0 Å². The Morgan fingerprint density at radius 1 is 1.08 bits per heavy atom. The topological polar surface area (TPSA) is 74.5 Å². The van der Waals surface area contributed by atoms with Crippen molar-refractivity contribution in [1.82, 2.24) is 10.1 Å². The van der Waals surface area contributed by atoms with Crippen molar-refractivity contribution in [3.05, 3.63) is 59.0 Å². The van der Waals surface area contributed by atoms with E-state index in [4.69, 9.17) is 14.0 Å². The molecular weight excluding hydrogens is 332 g/mol. The molecule has 0 unspecified atom stereocenters. The van der Waals surface area contributed by atoms with Crippen LogP contribution in [0.15, 0.2) is 40.9 Å². The highest BCUT2D eigenvalue weighted by Crippen LogP contribution is 2.29. The summed E-state index contributed by atoms with van der Waals surface area (Å²) in [6.45, 7) is 6.47. The van der Waals surface area contributed by atoms with Gasteiger partial charge in [0.25, 0.3) is 5.89 Å². The number of rotatable bonds is 7. The lowest BCUT2D eigenvalue weighted by atomic mass is 10.1. The van der Waals surface area contributed by atoms with E-state index in [1.165, 1.54) is 0 Å². The third kappa shape index (κ3) is 3.91. The summed E-state index contributed by atoms with van der Waals surface area (Å²) in [5, 5.41) is 4.04. The Labute approximate surface area is 151 Å². The van der Waals surface area contributed by atoms with Gasteiger partial charge in [-0.05, 0) is 50.6 Å². The van der Waals surface area contributed by atoms with Crippen molar-refractivity contribution >= 4 is 6.29 Å². The second-order valence-electron chi connectivity index (χ2n) is 5.88. The summed E-state index contributed by atoms with van der Waals surface area (Å²) in [5.41, 5.74) is 3.66. The highest BCUT2D eigenvalue weighted by atomic mass is 16.5. The summed E-state index contributed by atoms with van der Waals surface area (Å²) < 4.78 is 16.6. The molecular formula is C20H20N2O4. The fourth-order valence-electron chi connectivity index (χ4n) is 2.52. The first kappa shape index (κ1) is 17.7. The van der Waals surface area contributed by atoms with Gasteiger partial charge < -0.3 is 14.0 Å². The Morgan fingerprint density at radius 2 is 1.92 bits per heavy atom. The number of hydrogen-bond donors (Lipinski definition) is 0. The van der Waals surface area contributed by atoms with Gasteiger partial charge in [0.2, 0.25) is 5.82 Å². The molecule has 0 saturated carbocycles. The molecule has 0 saturated heterocycles. The summed E-state index contributed by atoms with van der Waals surface area (Å²) in [4.78, 5) is 15.3. The normalized spacial score (nSPS) is 10.6. The first-order chi connectivity index (χ1) is 12.6. The van der Waals surface area contributed by atoms with Crippen molar-refractivity contribution in [2.24, 2.45) is 0 Å². The zero-order valence-electron chi connectivity index (χ0n) is 15.0. The molecule has 0 aliphatic rings. The SMILES string of the molecule is CCOc1cc(C=O)ccc1OCc1nc(-c2cc(C)ccc2C)no1. The zero-order chi connectivity index (χ0) is 18.5. The van der Waals surface area contributed by atoms with Gasteiger partial charge in [-0.15, -0.1) is 0 Å². The molecule has 3 aromatic rings. The van der Waals surface area contributed by atoms with Crippen molar-refractivity contribution in [2.75, 3.05) is 6.61 Å². The lowest BCUT2D eigenvalue weighted by Crippen LogP contribution is -2.00. The number of carbonyl (C=O) groups excluding carboxylic acids is 1. The van der Waals surface area contributed by atoms with Crippen LogP contribution in [-0.2, 0) is 6.61 Å². The van der Waals surface area contributed by atoms with Crippen LogP contribution >= 0.6 is 0 Å². The van der Waals surface area contributed by atoms with Crippen molar-refractivity contribution in [1.29, 1.82) is 0 Å². The molecule has 134 valence electrons. The maximum Gasteiger partial charge on any atom is 0.264 e. The van der Waals surface area contributed by atoms with E-state index in [1.807, 2.05) is 39.0 Å². The predicted octanol–water partition coefficient (Wildman–Crippen LogP) is 4.14. The number of benzene rings is 2. The minimum atomic E-state index is 0.109. The average molecular weight is 352 g/mol. The van der Waals surface area contributed by atoms with Crippen LogP contribution in [0, 0.1) is 13.8 Å². The van der Waals surface area contributed by atoms with Crippen LogP contribution in [0.2, 0.25) is 0 Å². The molecule has 0 bridgehead atoms. The fourth-order valence-corrected chi connectivity index (χ4v) is 2.52. The molecule has 0 amide bonds. The monoisotopic (exact) mass is 352 g/mol. The summed E-state index contributed by atoms with van der Waals surface area (Å²) in [6, 6.07) is 11.1. The molecule has 0 N–H and O–H groups in total. The van der Waals surface area contributed by atoms with E-state index in [2.05, 4.69) is 10.1 Å². The van der Waals surface area contributed by atoms with E-state index in [1.54, 1.807) is 18.2 Å². The minimum absolute atomic E-state index is 0.109. The Morgan fingerprint density at radius 3 is 2.69 bits per heavy atom. The fraction of sp³-hybridized carbons (Fsp3) is 0.250. The van der Waals surface area contributed by atoms with E-state index < -0.39 is 0 Å². The van der Waals surface area contributed by atoms with Gasteiger partial charge in [0, 0.05) is 11.1 Å². The number of ether oxygens (including phenoxy) is 2. The van der Waals surface area contributed by atoms with Crippen LogP contribution < -0.4 is 9.47 Å². The molecule has 0 spiro atoms. The lowest BCUT2D eigenvalue weighted by Gasteiger charge is -2.10. The van der Waals surface area contributed by atoms with Crippen molar-refractivity contribution in [3.63, 3.8) is 0 Å². The van der Waals surface area contributed by atoms with E-state index in [-0.39, 0.29) is 6.61 Å². The molecule has 26 heavy (non-hydrogen) atoms. The van der Waals surface area contributed by atoms with Crippen LogP contribution in [0.1, 0.15) is 34.3 Å². The number of nitrogens with zero attached hydrogens (tertiary/aromatic N) is 2. The molecule has 0 atom stereocenters. The maximum absolute atomic E-state index is 10.9. The standard InChI is InChI=1S/C20H20N2O4/c1-4-24-18-10-15(11-23)7-8-17(18)25-12-19-21-20(22-26-19)16-9-13(2)5-6-14(16)3/h5-11H,4,12H2,1-3H3. The molecule has 6 nitrogen and oxygen atoms in total. The first-order valence-corrected chi connectivity index (χ1v) is 8.35. The summed E-state index contributed by atoms with van der Waals surface area (Å²) in [6.07, 6.45) is 0.765. The Kier molecular flexibility index (Phi) is 5.31. The van der Waals surface area contributed by atoms with Gasteiger partial charge in [-0.25, -0.2) is 0 Å². The molecule has 2 aromatic carbocycles. The van der Waals surface area contributed by atoms with Crippen molar-refractivity contribution < 1.29 is 18.8 Å². The minimum Gasteiger partial charge on any atom is -0.490 e. The van der Waals surface area contributed by atoms with Crippen molar-refractivity contribution in [2.45, 2.75) is 27.4 Å². The molecule has 3 rings (SSSR count). The first-order valence-electron chi connectivity index (χ1n) is 8.35. The summed E-state index contributed by atoms with van der Waals surface area (Å²) >= 11 is 0. The van der Waals surface area contributed by atoms with Crippen LogP contribution in [-0.4, -0.2) is 23.0 Å². The number of aldehydes is 1. The third-order valence-electron chi connectivity index (χ3n) is 3.86. The predicted molar refractivity (Wildman–Crippen MR) is 96.5 cm³/mol. The van der Waals surface area contributed by atoms with Gasteiger partial charge >= 0.3 is 0 Å². The molecule has 0 aliphatic carbocycles. The van der Waals surface area contributed by atoms with E-state index in [9.17, 15) is 4.79 Å². The Hall–Kier alpha value is -3.15. The van der Waals surface area contributed by atoms with Gasteiger partial charge in [-0.2, -0.15) is 4.98 Å². The van der Waals surface area contributed by atoms with Gasteiger partial charge in [0.05, 0.1) is 6.61 Å². The van der Waals surface area contributed by atoms with Crippen LogP contribution in [0.3, 0.4) is 0 Å². The van der Waals surface area contributed by atoms with Crippen LogP contribution in [0.5, 0.6) is 11.5 Å². The van der Waals surface area contributed by atoms with E-state index >= 15 is 0 Å². The molecule has 0 aliphatic heterocycles. The number of carbonyl (C=O) groups is 1. The molecule has 0 radical (unpaired) electrons. The third-order valence-corrected chi connectivity index (χ3v) is 3.86. The summed E-state index contributed by atoms with van der Waals surface area (Å²) in [7, 11) is 0.